The monoisotopic (exact) mass is 372 g/mol. The molecule has 8 heteroatoms. The number of aromatic nitrogens is 1. The number of carbonyl (C=O) groups is 2. The first kappa shape index (κ1) is 18.6. The van der Waals surface area contributed by atoms with E-state index < -0.39 is 11.8 Å². The summed E-state index contributed by atoms with van der Waals surface area (Å²) in [5.41, 5.74) is 0.792. The van der Waals surface area contributed by atoms with Crippen LogP contribution in [0.4, 0.5) is 20.6 Å². The van der Waals surface area contributed by atoms with Gasteiger partial charge in [0.05, 0.1) is 18.4 Å². The Kier molecular flexibility index (Phi) is 5.85. The van der Waals surface area contributed by atoms with Crippen molar-refractivity contribution in [1.29, 1.82) is 0 Å². The van der Waals surface area contributed by atoms with Gasteiger partial charge in [0.25, 0.3) is 0 Å². The molecule has 0 aliphatic carbocycles. The summed E-state index contributed by atoms with van der Waals surface area (Å²) in [6.45, 7) is 2.70. The van der Waals surface area contributed by atoms with Gasteiger partial charge < -0.3 is 20.3 Å². The lowest BCUT2D eigenvalue weighted by Crippen LogP contribution is -2.43. The third kappa shape index (κ3) is 5.40. The molecule has 3 rings (SSSR count). The number of amides is 3. The Balaban J connectivity index is 1.63. The van der Waals surface area contributed by atoms with Crippen molar-refractivity contribution >= 4 is 23.3 Å². The quantitative estimate of drug-likeness (QED) is 0.863. The topological polar surface area (TPSA) is 83.6 Å². The number of anilines is 2. The number of nitrogens with zero attached hydrogens (tertiary/aromatic N) is 2. The molecule has 1 fully saturated rings. The molecule has 1 aliphatic heterocycles. The van der Waals surface area contributed by atoms with Crippen molar-refractivity contribution < 1.29 is 18.7 Å². The molecule has 27 heavy (non-hydrogen) atoms. The van der Waals surface area contributed by atoms with Gasteiger partial charge in [-0.3, -0.25) is 9.78 Å². The zero-order chi connectivity index (χ0) is 19.2. The van der Waals surface area contributed by atoms with E-state index in [2.05, 4.69) is 15.6 Å². The fourth-order valence-electron chi connectivity index (χ4n) is 2.95. The highest BCUT2D eigenvalue weighted by Gasteiger charge is 2.23. The average Bonchev–Trinajstić information content (AvgIpc) is 2.62. The standard InChI is InChI=1S/C19H21FN4O3/c1-13(25)24-7-3-5-17(12-24)27-18-9-14(20)8-16(10-18)23-19(26)22-15-4-2-6-21-11-15/h2,4,6,8-11,17H,3,5,7,12H2,1H3,(H2,22,23,26)/t17-/m0/s1. The van der Waals surface area contributed by atoms with Gasteiger partial charge in [0.2, 0.25) is 5.91 Å². The van der Waals surface area contributed by atoms with Gasteiger partial charge in [0.15, 0.2) is 0 Å². The molecule has 0 spiro atoms. The van der Waals surface area contributed by atoms with Crippen LogP contribution >= 0.6 is 0 Å². The molecule has 2 aromatic rings. The van der Waals surface area contributed by atoms with Crippen molar-refractivity contribution in [1.82, 2.24) is 9.88 Å². The van der Waals surface area contributed by atoms with Crippen LogP contribution in [-0.2, 0) is 4.79 Å². The van der Waals surface area contributed by atoms with Crippen LogP contribution in [0.3, 0.4) is 0 Å². The number of halogens is 1. The fraction of sp³-hybridized carbons (Fsp3) is 0.316. The molecule has 1 aromatic heterocycles. The highest BCUT2D eigenvalue weighted by Crippen LogP contribution is 2.24. The Morgan fingerprint density at radius 3 is 2.81 bits per heavy atom. The van der Waals surface area contributed by atoms with Crippen molar-refractivity contribution in [3.63, 3.8) is 0 Å². The second-order valence-electron chi connectivity index (χ2n) is 6.34. The molecule has 1 atom stereocenters. The van der Waals surface area contributed by atoms with Crippen molar-refractivity contribution in [2.45, 2.75) is 25.9 Å². The number of likely N-dealkylation sites (tertiary alicyclic amines) is 1. The van der Waals surface area contributed by atoms with Crippen molar-refractivity contribution in [3.05, 3.63) is 48.5 Å². The minimum absolute atomic E-state index is 0.00280. The molecule has 1 aromatic carbocycles. The predicted molar refractivity (Wildman–Crippen MR) is 99.2 cm³/mol. The van der Waals surface area contributed by atoms with E-state index in [-0.39, 0.29) is 17.7 Å². The van der Waals surface area contributed by atoms with Gasteiger partial charge in [-0.25, -0.2) is 9.18 Å². The largest absolute Gasteiger partial charge is 0.488 e. The highest BCUT2D eigenvalue weighted by molar-refractivity contribution is 5.99. The van der Waals surface area contributed by atoms with Crippen LogP contribution in [0.15, 0.2) is 42.7 Å². The normalized spacial score (nSPS) is 16.5. The SMILES string of the molecule is CC(=O)N1CCC[C@H](Oc2cc(F)cc(NC(=O)Nc3cccnc3)c2)C1. The summed E-state index contributed by atoms with van der Waals surface area (Å²) in [5, 5.41) is 5.18. The second-order valence-corrected chi connectivity index (χ2v) is 6.34. The van der Waals surface area contributed by atoms with Gasteiger partial charge in [-0.05, 0) is 31.0 Å². The minimum Gasteiger partial charge on any atom is -0.488 e. The lowest BCUT2D eigenvalue weighted by atomic mass is 10.1. The van der Waals surface area contributed by atoms with E-state index in [1.807, 2.05) is 0 Å². The number of hydrogen-bond acceptors (Lipinski definition) is 4. The van der Waals surface area contributed by atoms with Crippen LogP contribution in [0.25, 0.3) is 0 Å². The predicted octanol–water partition coefficient (Wildman–Crippen LogP) is 3.25. The zero-order valence-electron chi connectivity index (χ0n) is 14.9. The van der Waals surface area contributed by atoms with Crippen LogP contribution in [0.1, 0.15) is 19.8 Å². The van der Waals surface area contributed by atoms with Crippen LogP contribution in [0.2, 0.25) is 0 Å². The van der Waals surface area contributed by atoms with E-state index in [4.69, 9.17) is 4.74 Å². The van der Waals surface area contributed by atoms with Gasteiger partial charge in [-0.1, -0.05) is 0 Å². The first-order valence-electron chi connectivity index (χ1n) is 8.70. The number of urea groups is 1. The molecule has 3 amide bonds. The van der Waals surface area contributed by atoms with Crippen molar-refractivity contribution in [2.75, 3.05) is 23.7 Å². The number of ether oxygens (including phenoxy) is 1. The molecule has 142 valence electrons. The summed E-state index contributed by atoms with van der Waals surface area (Å²) in [7, 11) is 0. The Morgan fingerprint density at radius 1 is 1.26 bits per heavy atom. The van der Waals surface area contributed by atoms with E-state index in [0.717, 1.165) is 12.8 Å². The third-order valence-corrected chi connectivity index (χ3v) is 4.17. The smallest absolute Gasteiger partial charge is 0.323 e. The molecule has 0 radical (unpaired) electrons. The van der Waals surface area contributed by atoms with Crippen LogP contribution in [0.5, 0.6) is 5.75 Å². The molecule has 1 aliphatic rings. The maximum Gasteiger partial charge on any atom is 0.323 e. The van der Waals surface area contributed by atoms with Crippen molar-refractivity contribution in [2.24, 2.45) is 0 Å². The fourth-order valence-corrected chi connectivity index (χ4v) is 2.95. The van der Waals surface area contributed by atoms with E-state index >= 15 is 0 Å². The number of hydrogen-bond donors (Lipinski definition) is 2. The Bertz CT molecular complexity index is 816. The third-order valence-electron chi connectivity index (χ3n) is 4.17. The highest BCUT2D eigenvalue weighted by atomic mass is 19.1. The summed E-state index contributed by atoms with van der Waals surface area (Å²) in [6.07, 6.45) is 4.51. The Morgan fingerprint density at radius 2 is 2.07 bits per heavy atom. The van der Waals surface area contributed by atoms with E-state index in [0.29, 0.717) is 24.5 Å². The first-order valence-corrected chi connectivity index (χ1v) is 8.70. The van der Waals surface area contributed by atoms with Crippen LogP contribution in [0, 0.1) is 5.82 Å². The van der Waals surface area contributed by atoms with E-state index in [1.165, 1.54) is 25.3 Å². The molecule has 7 nitrogen and oxygen atoms in total. The number of rotatable bonds is 4. The molecule has 0 unspecified atom stereocenters. The molecule has 2 N–H and O–H groups in total. The second kappa shape index (κ2) is 8.48. The summed E-state index contributed by atoms with van der Waals surface area (Å²) in [4.78, 5) is 29.2. The number of benzene rings is 1. The van der Waals surface area contributed by atoms with Crippen molar-refractivity contribution in [3.8, 4) is 5.75 Å². The molecule has 0 bridgehead atoms. The number of piperidine rings is 1. The maximum absolute atomic E-state index is 13.9. The maximum atomic E-state index is 13.9. The lowest BCUT2D eigenvalue weighted by molar-refractivity contribution is -0.131. The summed E-state index contributed by atoms with van der Waals surface area (Å²) in [5.74, 6) is -0.220. The first-order chi connectivity index (χ1) is 13.0. The lowest BCUT2D eigenvalue weighted by Gasteiger charge is -2.32. The molecule has 0 saturated carbocycles. The van der Waals surface area contributed by atoms with E-state index in [9.17, 15) is 14.0 Å². The average molecular weight is 372 g/mol. The van der Waals surface area contributed by atoms with Gasteiger partial charge in [0, 0.05) is 37.5 Å². The van der Waals surface area contributed by atoms with Gasteiger partial charge in [-0.2, -0.15) is 0 Å². The van der Waals surface area contributed by atoms with Crippen LogP contribution in [-0.4, -0.2) is 41.0 Å². The minimum atomic E-state index is -0.525. The van der Waals surface area contributed by atoms with Crippen LogP contribution < -0.4 is 15.4 Å². The molecule has 1 saturated heterocycles. The molecule has 2 heterocycles. The number of carbonyl (C=O) groups excluding carboxylic acids is 2. The summed E-state index contributed by atoms with van der Waals surface area (Å²) in [6, 6.07) is 6.89. The summed E-state index contributed by atoms with van der Waals surface area (Å²) >= 11 is 0. The molecular weight excluding hydrogens is 351 g/mol. The number of pyridine rings is 1. The Labute approximate surface area is 156 Å². The van der Waals surface area contributed by atoms with Gasteiger partial charge in [0.1, 0.15) is 17.7 Å². The van der Waals surface area contributed by atoms with E-state index in [1.54, 1.807) is 29.3 Å². The number of nitrogens with one attached hydrogen (secondary N) is 2. The van der Waals surface area contributed by atoms with Gasteiger partial charge >= 0.3 is 6.03 Å². The zero-order valence-corrected chi connectivity index (χ0v) is 14.9. The summed E-state index contributed by atoms with van der Waals surface area (Å²) < 4.78 is 19.8. The van der Waals surface area contributed by atoms with Gasteiger partial charge in [-0.15, -0.1) is 0 Å². The molecular formula is C19H21FN4O3. The Hall–Kier alpha value is -3.16.